The number of anilines is 1. The van der Waals surface area contributed by atoms with E-state index in [1.54, 1.807) is 24.3 Å². The predicted molar refractivity (Wildman–Crippen MR) is 70.9 cm³/mol. The molecule has 0 spiro atoms. The van der Waals surface area contributed by atoms with Crippen LogP contribution in [0.4, 0.5) is 10.1 Å². The third-order valence-electron chi connectivity index (χ3n) is 2.74. The van der Waals surface area contributed by atoms with Gasteiger partial charge >= 0.3 is 0 Å². The number of benzene rings is 2. The molecule has 96 valence electrons. The predicted octanol–water partition coefficient (Wildman–Crippen LogP) is 3.05. The second-order valence-electron chi connectivity index (χ2n) is 4.08. The van der Waals surface area contributed by atoms with Crippen LogP contribution in [0.3, 0.4) is 0 Å². The highest BCUT2D eigenvalue weighted by atomic mass is 19.1. The van der Waals surface area contributed by atoms with Crippen molar-refractivity contribution in [3.63, 3.8) is 0 Å². The molecule has 0 bridgehead atoms. The van der Waals surface area contributed by atoms with Gasteiger partial charge in [0.05, 0.1) is 12.5 Å². The number of hydrogen-bond acceptors (Lipinski definition) is 3. The van der Waals surface area contributed by atoms with Crippen molar-refractivity contribution in [3.8, 4) is 11.8 Å². The topological polar surface area (TPSA) is 59.0 Å². The lowest BCUT2D eigenvalue weighted by molar-refractivity contribution is 0.300. The molecule has 0 radical (unpaired) electrons. The van der Waals surface area contributed by atoms with Gasteiger partial charge in [0.25, 0.3) is 0 Å². The van der Waals surface area contributed by atoms with Crippen LogP contribution in [0.15, 0.2) is 42.5 Å². The Morgan fingerprint density at radius 3 is 2.53 bits per heavy atom. The highest BCUT2D eigenvalue weighted by Gasteiger charge is 2.06. The van der Waals surface area contributed by atoms with Crippen LogP contribution in [-0.4, -0.2) is 0 Å². The molecule has 0 saturated heterocycles. The van der Waals surface area contributed by atoms with Crippen molar-refractivity contribution in [3.05, 3.63) is 59.4 Å². The zero-order chi connectivity index (χ0) is 13.7. The SMILES string of the molecule is N#CCc1ccc(OCc2c(N)cccc2F)cc1. The Labute approximate surface area is 111 Å². The van der Waals surface area contributed by atoms with Crippen molar-refractivity contribution in [2.45, 2.75) is 13.0 Å². The highest BCUT2D eigenvalue weighted by molar-refractivity contribution is 5.47. The van der Waals surface area contributed by atoms with Crippen LogP contribution in [0.25, 0.3) is 0 Å². The lowest BCUT2D eigenvalue weighted by Gasteiger charge is -2.09. The maximum Gasteiger partial charge on any atom is 0.131 e. The summed E-state index contributed by atoms with van der Waals surface area (Å²) >= 11 is 0. The number of nitrogens with two attached hydrogens (primary N) is 1. The third-order valence-corrected chi connectivity index (χ3v) is 2.74. The Kier molecular flexibility index (Phi) is 3.99. The van der Waals surface area contributed by atoms with Crippen molar-refractivity contribution >= 4 is 5.69 Å². The Balaban J connectivity index is 2.04. The van der Waals surface area contributed by atoms with E-state index in [0.29, 0.717) is 23.4 Å². The summed E-state index contributed by atoms with van der Waals surface area (Å²) in [4.78, 5) is 0. The van der Waals surface area contributed by atoms with Crippen molar-refractivity contribution in [1.29, 1.82) is 5.26 Å². The molecule has 0 heterocycles. The van der Waals surface area contributed by atoms with E-state index >= 15 is 0 Å². The molecule has 0 aliphatic rings. The monoisotopic (exact) mass is 256 g/mol. The second kappa shape index (κ2) is 5.87. The van der Waals surface area contributed by atoms with Crippen LogP contribution in [0.2, 0.25) is 0 Å². The molecule has 0 atom stereocenters. The Morgan fingerprint density at radius 1 is 1.16 bits per heavy atom. The molecular weight excluding hydrogens is 243 g/mol. The first-order valence-corrected chi connectivity index (χ1v) is 5.82. The standard InChI is InChI=1S/C15H13FN2O/c16-14-2-1-3-15(18)13(14)10-19-12-6-4-11(5-7-12)8-9-17/h1-7H,8,10,18H2. The maximum atomic E-state index is 13.5. The van der Waals surface area contributed by atoms with E-state index < -0.39 is 0 Å². The number of hydrogen-bond donors (Lipinski definition) is 1. The largest absolute Gasteiger partial charge is 0.489 e. The van der Waals surface area contributed by atoms with Gasteiger partial charge < -0.3 is 10.5 Å². The summed E-state index contributed by atoms with van der Waals surface area (Å²) in [6.07, 6.45) is 0.362. The molecule has 2 aromatic carbocycles. The van der Waals surface area contributed by atoms with Gasteiger partial charge in [0.2, 0.25) is 0 Å². The summed E-state index contributed by atoms with van der Waals surface area (Å²) in [7, 11) is 0. The summed E-state index contributed by atoms with van der Waals surface area (Å²) in [5.74, 6) is 0.241. The number of nitriles is 1. The minimum absolute atomic E-state index is 0.0795. The van der Waals surface area contributed by atoms with Crippen LogP contribution in [0, 0.1) is 17.1 Å². The van der Waals surface area contributed by atoms with E-state index in [2.05, 4.69) is 6.07 Å². The minimum atomic E-state index is -0.374. The van der Waals surface area contributed by atoms with Gasteiger partial charge in [-0.2, -0.15) is 5.26 Å². The Bertz CT molecular complexity index is 582. The molecule has 2 N–H and O–H groups in total. The minimum Gasteiger partial charge on any atom is -0.489 e. The second-order valence-corrected chi connectivity index (χ2v) is 4.08. The molecule has 0 aliphatic carbocycles. The van der Waals surface area contributed by atoms with Gasteiger partial charge in [0.15, 0.2) is 0 Å². The van der Waals surface area contributed by atoms with E-state index in [4.69, 9.17) is 15.7 Å². The fraction of sp³-hybridized carbons (Fsp3) is 0.133. The quantitative estimate of drug-likeness (QED) is 0.855. The fourth-order valence-electron chi connectivity index (χ4n) is 1.68. The first kappa shape index (κ1) is 12.9. The zero-order valence-corrected chi connectivity index (χ0v) is 10.3. The van der Waals surface area contributed by atoms with Gasteiger partial charge in [0.1, 0.15) is 18.2 Å². The third kappa shape index (κ3) is 3.23. The van der Waals surface area contributed by atoms with Gasteiger partial charge in [-0.15, -0.1) is 0 Å². The Morgan fingerprint density at radius 2 is 1.89 bits per heavy atom. The first-order valence-electron chi connectivity index (χ1n) is 5.82. The molecule has 0 saturated carbocycles. The van der Waals surface area contributed by atoms with E-state index in [0.717, 1.165) is 5.56 Å². The van der Waals surface area contributed by atoms with Crippen molar-refractivity contribution in [2.24, 2.45) is 0 Å². The van der Waals surface area contributed by atoms with E-state index in [1.165, 1.54) is 6.07 Å². The first-order chi connectivity index (χ1) is 9.20. The van der Waals surface area contributed by atoms with Gasteiger partial charge in [-0.05, 0) is 29.8 Å². The molecule has 0 unspecified atom stereocenters. The number of ether oxygens (including phenoxy) is 1. The van der Waals surface area contributed by atoms with Crippen molar-refractivity contribution in [2.75, 3.05) is 5.73 Å². The molecule has 0 amide bonds. The smallest absolute Gasteiger partial charge is 0.131 e. The summed E-state index contributed by atoms with van der Waals surface area (Å²) in [5, 5.41) is 8.57. The summed E-state index contributed by atoms with van der Waals surface area (Å²) in [6, 6.07) is 13.7. The molecule has 2 rings (SSSR count). The van der Waals surface area contributed by atoms with Crippen molar-refractivity contribution in [1.82, 2.24) is 0 Å². The van der Waals surface area contributed by atoms with Gasteiger partial charge in [-0.25, -0.2) is 4.39 Å². The van der Waals surface area contributed by atoms with Crippen LogP contribution < -0.4 is 10.5 Å². The molecule has 19 heavy (non-hydrogen) atoms. The van der Waals surface area contributed by atoms with Crippen LogP contribution in [0.1, 0.15) is 11.1 Å². The molecule has 0 fully saturated rings. The number of nitrogen functional groups attached to an aromatic ring is 1. The van der Waals surface area contributed by atoms with E-state index in [-0.39, 0.29) is 12.4 Å². The van der Waals surface area contributed by atoms with Crippen molar-refractivity contribution < 1.29 is 9.13 Å². The normalized spacial score (nSPS) is 9.89. The number of halogens is 1. The maximum absolute atomic E-state index is 13.5. The summed E-state index contributed by atoms with van der Waals surface area (Å²) in [5.41, 5.74) is 7.34. The average molecular weight is 256 g/mol. The zero-order valence-electron chi connectivity index (χ0n) is 10.3. The molecule has 0 aromatic heterocycles. The van der Waals surface area contributed by atoms with Crippen LogP contribution in [-0.2, 0) is 13.0 Å². The molecule has 0 aliphatic heterocycles. The van der Waals surface area contributed by atoms with E-state index in [1.807, 2.05) is 12.1 Å². The summed E-state index contributed by atoms with van der Waals surface area (Å²) < 4.78 is 19.0. The van der Waals surface area contributed by atoms with Crippen LogP contribution >= 0.6 is 0 Å². The molecule has 4 heteroatoms. The van der Waals surface area contributed by atoms with Crippen LogP contribution in [0.5, 0.6) is 5.75 Å². The molecule has 3 nitrogen and oxygen atoms in total. The summed E-state index contributed by atoms with van der Waals surface area (Å²) in [6.45, 7) is 0.0795. The average Bonchev–Trinajstić information content (AvgIpc) is 2.40. The lowest BCUT2D eigenvalue weighted by Crippen LogP contribution is -2.03. The fourth-order valence-corrected chi connectivity index (χ4v) is 1.68. The van der Waals surface area contributed by atoms with Gasteiger partial charge in [-0.1, -0.05) is 18.2 Å². The highest BCUT2D eigenvalue weighted by Crippen LogP contribution is 2.19. The Hall–Kier alpha value is -2.54. The molecular formula is C15H13FN2O. The van der Waals surface area contributed by atoms with Gasteiger partial charge in [0, 0.05) is 11.3 Å². The number of nitrogens with zero attached hydrogens (tertiary/aromatic N) is 1. The lowest BCUT2D eigenvalue weighted by atomic mass is 10.1. The van der Waals surface area contributed by atoms with E-state index in [9.17, 15) is 4.39 Å². The molecule has 2 aromatic rings. The number of rotatable bonds is 4. The van der Waals surface area contributed by atoms with Gasteiger partial charge in [-0.3, -0.25) is 0 Å².